The normalized spacial score (nSPS) is 11.3. The highest BCUT2D eigenvalue weighted by molar-refractivity contribution is 5.62. The molecule has 0 fully saturated rings. The van der Waals surface area contributed by atoms with Gasteiger partial charge in [0.15, 0.2) is 0 Å². The van der Waals surface area contributed by atoms with Gasteiger partial charge in [-0.1, -0.05) is 0 Å². The van der Waals surface area contributed by atoms with Gasteiger partial charge in [0.1, 0.15) is 5.69 Å². The third-order valence-corrected chi connectivity index (χ3v) is 2.34. The van der Waals surface area contributed by atoms with Crippen molar-refractivity contribution in [2.24, 2.45) is 5.84 Å². The number of nitrogens with two attached hydrogens (primary N) is 1. The third-order valence-electron chi connectivity index (χ3n) is 2.34. The first-order chi connectivity index (χ1) is 8.65. The maximum absolute atomic E-state index is 11.1. The van der Waals surface area contributed by atoms with Crippen LogP contribution in [-0.2, 0) is 0 Å². The molecule has 0 aliphatic rings. The fraction of sp³-hybridized carbons (Fsp3) is 0.600. The lowest BCUT2D eigenvalue weighted by Crippen LogP contribution is -2.37. The first-order valence-corrected chi connectivity index (χ1v) is 5.59. The van der Waals surface area contributed by atoms with E-state index in [-0.39, 0.29) is 29.7 Å². The standard InChI is InChI=1S/C10H18N6O3/c1-6-7(16(18)19)8(13-9(12-6)14-11)15(4)5-10(2,3)17/h17H,5,11H2,1-4H3,(H,12,13,14). The fourth-order valence-corrected chi connectivity index (χ4v) is 1.75. The van der Waals surface area contributed by atoms with E-state index in [0.717, 1.165) is 0 Å². The van der Waals surface area contributed by atoms with Gasteiger partial charge in [-0.25, -0.2) is 10.8 Å². The Kier molecular flexibility index (Phi) is 4.22. The quantitative estimate of drug-likeness (QED) is 0.392. The van der Waals surface area contributed by atoms with E-state index in [1.54, 1.807) is 20.9 Å². The maximum Gasteiger partial charge on any atom is 0.332 e. The molecule has 9 heteroatoms. The number of nitrogens with one attached hydrogen (secondary N) is 1. The molecule has 0 saturated heterocycles. The van der Waals surface area contributed by atoms with Crippen molar-refractivity contribution in [2.75, 3.05) is 23.9 Å². The summed E-state index contributed by atoms with van der Waals surface area (Å²) in [4.78, 5) is 19.9. The topological polar surface area (TPSA) is 130 Å². The molecule has 0 spiro atoms. The Hall–Kier alpha value is -2.00. The molecule has 0 unspecified atom stereocenters. The van der Waals surface area contributed by atoms with Crippen LogP contribution < -0.4 is 16.2 Å². The van der Waals surface area contributed by atoms with Crippen molar-refractivity contribution < 1.29 is 10.0 Å². The van der Waals surface area contributed by atoms with Crippen LogP contribution in [0.4, 0.5) is 17.5 Å². The van der Waals surface area contributed by atoms with Gasteiger partial charge < -0.3 is 10.0 Å². The van der Waals surface area contributed by atoms with Crippen LogP contribution in [0.1, 0.15) is 19.5 Å². The highest BCUT2D eigenvalue weighted by atomic mass is 16.6. The van der Waals surface area contributed by atoms with Gasteiger partial charge in [-0.05, 0) is 20.8 Å². The summed E-state index contributed by atoms with van der Waals surface area (Å²) in [5.74, 6) is 5.42. The van der Waals surface area contributed by atoms with E-state index in [4.69, 9.17) is 5.84 Å². The van der Waals surface area contributed by atoms with Crippen molar-refractivity contribution in [3.05, 3.63) is 15.8 Å². The van der Waals surface area contributed by atoms with Gasteiger partial charge in [0.2, 0.25) is 11.8 Å². The average Bonchev–Trinajstić information content (AvgIpc) is 2.24. The summed E-state index contributed by atoms with van der Waals surface area (Å²) in [6.45, 7) is 4.88. The minimum absolute atomic E-state index is 0.0840. The predicted molar refractivity (Wildman–Crippen MR) is 70.8 cm³/mol. The Morgan fingerprint density at radius 2 is 2.11 bits per heavy atom. The van der Waals surface area contributed by atoms with E-state index < -0.39 is 10.5 Å². The number of hydrogen-bond donors (Lipinski definition) is 3. The molecule has 1 aromatic heterocycles. The summed E-state index contributed by atoms with van der Waals surface area (Å²) < 4.78 is 0. The third kappa shape index (κ3) is 3.73. The van der Waals surface area contributed by atoms with E-state index in [2.05, 4.69) is 15.4 Å². The second-order valence-corrected chi connectivity index (χ2v) is 4.87. The number of aromatic nitrogens is 2. The van der Waals surface area contributed by atoms with E-state index in [1.807, 2.05) is 0 Å². The number of anilines is 2. The first kappa shape index (κ1) is 15.1. The molecule has 0 bridgehead atoms. The van der Waals surface area contributed by atoms with Crippen LogP contribution in [0, 0.1) is 17.0 Å². The summed E-state index contributed by atoms with van der Waals surface area (Å²) in [5.41, 5.74) is 1.24. The van der Waals surface area contributed by atoms with Crippen molar-refractivity contribution >= 4 is 17.5 Å². The molecule has 1 rings (SSSR count). The summed E-state index contributed by atoms with van der Waals surface area (Å²) >= 11 is 0. The van der Waals surface area contributed by atoms with Crippen molar-refractivity contribution in [1.82, 2.24) is 9.97 Å². The number of nitro groups is 1. The minimum atomic E-state index is -1.02. The number of hydrazine groups is 1. The number of aryl methyl sites for hydroxylation is 1. The predicted octanol–water partition coefficient (Wildman–Crippen LogP) is 0.186. The molecule has 0 aliphatic heterocycles. The Labute approximate surface area is 110 Å². The lowest BCUT2D eigenvalue weighted by Gasteiger charge is -2.26. The van der Waals surface area contributed by atoms with Gasteiger partial charge in [-0.15, -0.1) is 0 Å². The summed E-state index contributed by atoms with van der Waals surface area (Å²) in [6.07, 6.45) is 0. The van der Waals surface area contributed by atoms with Crippen LogP contribution in [0.2, 0.25) is 0 Å². The minimum Gasteiger partial charge on any atom is -0.389 e. The summed E-state index contributed by atoms with van der Waals surface area (Å²) in [7, 11) is 1.60. The summed E-state index contributed by atoms with van der Waals surface area (Å²) in [5, 5.41) is 20.9. The van der Waals surface area contributed by atoms with Gasteiger partial charge in [0.05, 0.1) is 10.5 Å². The molecule has 9 nitrogen and oxygen atoms in total. The number of rotatable bonds is 5. The van der Waals surface area contributed by atoms with Gasteiger partial charge in [0, 0.05) is 13.6 Å². The monoisotopic (exact) mass is 270 g/mol. The lowest BCUT2D eigenvalue weighted by molar-refractivity contribution is -0.385. The fourth-order valence-electron chi connectivity index (χ4n) is 1.75. The largest absolute Gasteiger partial charge is 0.389 e. The first-order valence-electron chi connectivity index (χ1n) is 5.59. The lowest BCUT2D eigenvalue weighted by atomic mass is 10.1. The van der Waals surface area contributed by atoms with Gasteiger partial charge in [-0.2, -0.15) is 4.98 Å². The van der Waals surface area contributed by atoms with E-state index >= 15 is 0 Å². The Morgan fingerprint density at radius 3 is 2.53 bits per heavy atom. The zero-order chi connectivity index (χ0) is 14.8. The Balaban J connectivity index is 3.30. The number of nitrogens with zero attached hydrogens (tertiary/aromatic N) is 4. The van der Waals surface area contributed by atoms with Crippen molar-refractivity contribution in [3.8, 4) is 0 Å². The molecule has 0 radical (unpaired) electrons. The molecule has 106 valence electrons. The van der Waals surface area contributed by atoms with Gasteiger partial charge in [-0.3, -0.25) is 15.5 Å². The molecule has 0 aliphatic carbocycles. The van der Waals surface area contributed by atoms with Crippen LogP contribution >= 0.6 is 0 Å². The highest BCUT2D eigenvalue weighted by Crippen LogP contribution is 2.29. The Morgan fingerprint density at radius 1 is 1.53 bits per heavy atom. The van der Waals surface area contributed by atoms with Crippen LogP contribution in [-0.4, -0.2) is 39.2 Å². The van der Waals surface area contributed by atoms with Gasteiger partial charge >= 0.3 is 5.69 Å². The molecule has 1 heterocycles. The van der Waals surface area contributed by atoms with E-state index in [9.17, 15) is 15.2 Å². The van der Waals surface area contributed by atoms with Crippen LogP contribution in [0.25, 0.3) is 0 Å². The molecule has 0 atom stereocenters. The second-order valence-electron chi connectivity index (χ2n) is 4.87. The number of nitrogen functional groups attached to an aromatic ring is 1. The van der Waals surface area contributed by atoms with Crippen LogP contribution in [0.5, 0.6) is 0 Å². The zero-order valence-electron chi connectivity index (χ0n) is 11.3. The van der Waals surface area contributed by atoms with Crippen molar-refractivity contribution in [2.45, 2.75) is 26.4 Å². The molecule has 0 amide bonds. The zero-order valence-corrected chi connectivity index (χ0v) is 11.3. The number of aliphatic hydroxyl groups is 1. The van der Waals surface area contributed by atoms with Crippen LogP contribution in [0.3, 0.4) is 0 Å². The highest BCUT2D eigenvalue weighted by Gasteiger charge is 2.27. The van der Waals surface area contributed by atoms with E-state index in [1.165, 1.54) is 11.8 Å². The smallest absolute Gasteiger partial charge is 0.332 e. The molecular formula is C10H18N6O3. The molecule has 19 heavy (non-hydrogen) atoms. The van der Waals surface area contributed by atoms with Crippen molar-refractivity contribution in [3.63, 3.8) is 0 Å². The maximum atomic E-state index is 11.1. The average molecular weight is 270 g/mol. The molecular weight excluding hydrogens is 252 g/mol. The molecule has 1 aromatic rings. The van der Waals surface area contributed by atoms with Crippen molar-refractivity contribution in [1.29, 1.82) is 0 Å². The SMILES string of the molecule is Cc1nc(NN)nc(N(C)CC(C)(C)O)c1[N+](=O)[O-]. The molecule has 0 aromatic carbocycles. The number of hydrogen-bond acceptors (Lipinski definition) is 8. The second kappa shape index (κ2) is 5.33. The summed E-state index contributed by atoms with van der Waals surface area (Å²) in [6, 6.07) is 0. The van der Waals surface area contributed by atoms with Gasteiger partial charge in [0.25, 0.3) is 0 Å². The Bertz CT molecular complexity index is 485. The molecule has 4 N–H and O–H groups in total. The van der Waals surface area contributed by atoms with Crippen LogP contribution in [0.15, 0.2) is 0 Å². The van der Waals surface area contributed by atoms with E-state index in [0.29, 0.717) is 0 Å². The number of likely N-dealkylation sites (N-methyl/N-ethyl adjacent to an activating group) is 1. The molecule has 0 saturated carbocycles.